The Hall–Kier alpha value is -3.75. The normalized spacial score (nSPS) is 16.8. The monoisotopic (exact) mass is 566 g/mol. The molecule has 0 spiro atoms. The largest absolute Gasteiger partial charge is 0.417 e. The number of carbonyl (C=O) groups is 2. The van der Waals surface area contributed by atoms with Gasteiger partial charge in [-0.2, -0.15) is 18.3 Å². The number of hydrogen-bond donors (Lipinski definition) is 4. The minimum Gasteiger partial charge on any atom is -0.365 e. The lowest BCUT2D eigenvalue weighted by atomic mass is 10.1. The number of likely N-dealkylation sites (tertiary alicyclic amines) is 1. The summed E-state index contributed by atoms with van der Waals surface area (Å²) in [6.45, 7) is 9.21. The number of halogens is 3. The SMILES string of the molecule is C[C@@H](NC(=O)c1nc(C(=O)N2CCC[C@@H]2C)c(-c2cnc(NC(C)(C)C)cc2C(F)(F)F)s1)c1n[nH]c(=O)[nH]1. The average molecular weight is 567 g/mol. The van der Waals surface area contributed by atoms with Gasteiger partial charge in [-0.15, -0.1) is 11.3 Å². The molecular formula is C24H29F3N8O3S. The van der Waals surface area contributed by atoms with Crippen LogP contribution in [0.4, 0.5) is 19.0 Å². The third kappa shape index (κ3) is 6.29. The molecule has 1 aliphatic heterocycles. The maximum Gasteiger partial charge on any atom is 0.417 e. The highest BCUT2D eigenvalue weighted by Gasteiger charge is 2.38. The Morgan fingerprint density at radius 3 is 2.54 bits per heavy atom. The Balaban J connectivity index is 1.79. The smallest absolute Gasteiger partial charge is 0.365 e. The van der Waals surface area contributed by atoms with Gasteiger partial charge < -0.3 is 15.5 Å². The summed E-state index contributed by atoms with van der Waals surface area (Å²) >= 11 is 0.670. The van der Waals surface area contributed by atoms with E-state index in [1.807, 2.05) is 6.92 Å². The highest BCUT2D eigenvalue weighted by Crippen LogP contribution is 2.42. The van der Waals surface area contributed by atoms with E-state index in [0.29, 0.717) is 17.9 Å². The van der Waals surface area contributed by atoms with Crippen LogP contribution in [0.5, 0.6) is 0 Å². The molecule has 1 fully saturated rings. The second kappa shape index (κ2) is 10.4. The van der Waals surface area contributed by atoms with Crippen LogP contribution in [0, 0.1) is 0 Å². The molecule has 39 heavy (non-hydrogen) atoms. The van der Waals surface area contributed by atoms with E-state index in [4.69, 9.17) is 0 Å². The molecule has 3 aromatic rings. The van der Waals surface area contributed by atoms with Crippen LogP contribution in [0.15, 0.2) is 17.1 Å². The van der Waals surface area contributed by atoms with Gasteiger partial charge in [0.2, 0.25) is 0 Å². The lowest BCUT2D eigenvalue weighted by molar-refractivity contribution is -0.137. The van der Waals surface area contributed by atoms with Gasteiger partial charge in [0.1, 0.15) is 11.5 Å². The number of hydrogen-bond acceptors (Lipinski definition) is 8. The predicted octanol–water partition coefficient (Wildman–Crippen LogP) is 3.96. The molecule has 4 N–H and O–H groups in total. The van der Waals surface area contributed by atoms with E-state index in [1.54, 1.807) is 32.6 Å². The molecule has 210 valence electrons. The van der Waals surface area contributed by atoms with Crippen LogP contribution < -0.4 is 16.3 Å². The molecule has 3 aromatic heterocycles. The van der Waals surface area contributed by atoms with Crippen molar-refractivity contribution >= 4 is 29.0 Å². The molecular weight excluding hydrogens is 537 g/mol. The topological polar surface area (TPSA) is 149 Å². The number of amides is 2. The highest BCUT2D eigenvalue weighted by molar-refractivity contribution is 7.17. The van der Waals surface area contributed by atoms with Crippen molar-refractivity contribution in [1.82, 2.24) is 35.4 Å². The maximum atomic E-state index is 14.3. The Labute approximate surface area is 225 Å². The minimum absolute atomic E-state index is 0.0175. The molecule has 0 unspecified atom stereocenters. The second-order valence-corrected chi connectivity index (χ2v) is 11.4. The fraction of sp³-hybridized carbons (Fsp3) is 0.500. The standard InChI is InChI=1S/C24H29F3N8O3S/c1-11-7-6-8-35(11)21(37)16-17(13-10-28-15(32-23(3,4)5)9-14(13)24(25,26)27)39-20(30-16)19(36)29-12(2)18-31-22(38)34-33-18/h9-12H,6-8H2,1-5H3,(H,28,32)(H,29,36)(H2,31,33,34,38)/t11-,12+/m0/s1. The van der Waals surface area contributed by atoms with Gasteiger partial charge in [0.15, 0.2) is 10.8 Å². The molecule has 2 amide bonds. The first-order chi connectivity index (χ1) is 18.1. The minimum atomic E-state index is -4.78. The molecule has 4 rings (SSSR count). The molecule has 15 heteroatoms. The molecule has 0 saturated carbocycles. The van der Waals surface area contributed by atoms with E-state index in [9.17, 15) is 27.6 Å². The van der Waals surface area contributed by atoms with E-state index >= 15 is 0 Å². The lowest BCUT2D eigenvalue weighted by Gasteiger charge is -2.23. The van der Waals surface area contributed by atoms with Crippen molar-refractivity contribution in [2.24, 2.45) is 0 Å². The van der Waals surface area contributed by atoms with Gasteiger partial charge in [0.25, 0.3) is 11.8 Å². The fourth-order valence-electron chi connectivity index (χ4n) is 4.25. The zero-order valence-corrected chi connectivity index (χ0v) is 22.8. The van der Waals surface area contributed by atoms with Crippen molar-refractivity contribution in [3.63, 3.8) is 0 Å². The van der Waals surface area contributed by atoms with Crippen LogP contribution in [0.3, 0.4) is 0 Å². The Morgan fingerprint density at radius 1 is 1.26 bits per heavy atom. The number of aromatic amines is 2. The lowest BCUT2D eigenvalue weighted by Crippen LogP contribution is -2.34. The summed E-state index contributed by atoms with van der Waals surface area (Å²) in [7, 11) is 0. The number of alkyl halides is 3. The van der Waals surface area contributed by atoms with Gasteiger partial charge >= 0.3 is 11.9 Å². The van der Waals surface area contributed by atoms with Gasteiger partial charge in [-0.25, -0.2) is 19.9 Å². The summed E-state index contributed by atoms with van der Waals surface area (Å²) in [5, 5.41) is 11.3. The van der Waals surface area contributed by atoms with Crippen molar-refractivity contribution in [3.05, 3.63) is 44.8 Å². The number of anilines is 1. The zero-order valence-electron chi connectivity index (χ0n) is 22.0. The van der Waals surface area contributed by atoms with Crippen LogP contribution in [-0.2, 0) is 6.18 Å². The molecule has 0 aliphatic carbocycles. The number of rotatable bonds is 6. The number of H-pyrrole nitrogens is 2. The van der Waals surface area contributed by atoms with E-state index < -0.39 is 40.8 Å². The average Bonchev–Trinajstić information content (AvgIpc) is 3.56. The summed E-state index contributed by atoms with van der Waals surface area (Å²) in [6.07, 6.45) is -2.23. The number of thiazole rings is 1. The fourth-order valence-corrected chi connectivity index (χ4v) is 5.24. The maximum absolute atomic E-state index is 14.3. The molecule has 2 atom stereocenters. The first-order valence-corrected chi connectivity index (χ1v) is 13.1. The zero-order chi connectivity index (χ0) is 28.7. The van der Waals surface area contributed by atoms with Gasteiger partial charge in [-0.3, -0.25) is 14.6 Å². The highest BCUT2D eigenvalue weighted by atomic mass is 32.1. The first kappa shape index (κ1) is 28.3. The van der Waals surface area contributed by atoms with Crippen LogP contribution in [-0.4, -0.2) is 60.0 Å². The van der Waals surface area contributed by atoms with Gasteiger partial charge in [-0.1, -0.05) is 0 Å². The van der Waals surface area contributed by atoms with E-state index in [2.05, 4.69) is 35.8 Å². The van der Waals surface area contributed by atoms with Crippen molar-refractivity contribution in [1.29, 1.82) is 0 Å². The van der Waals surface area contributed by atoms with Crippen molar-refractivity contribution in [2.75, 3.05) is 11.9 Å². The van der Waals surface area contributed by atoms with Gasteiger partial charge in [-0.05, 0) is 53.5 Å². The number of nitrogens with one attached hydrogen (secondary N) is 4. The summed E-state index contributed by atoms with van der Waals surface area (Å²) in [5.41, 5.74) is -2.71. The Bertz CT molecular complexity index is 1440. The third-order valence-corrected chi connectivity index (χ3v) is 7.16. The molecule has 1 aliphatic rings. The van der Waals surface area contributed by atoms with Gasteiger partial charge in [0, 0.05) is 29.9 Å². The number of nitrogens with zero attached hydrogens (tertiary/aromatic N) is 4. The quantitative estimate of drug-likeness (QED) is 0.353. The summed E-state index contributed by atoms with van der Waals surface area (Å²) in [6, 6.07) is 0.0131. The summed E-state index contributed by atoms with van der Waals surface area (Å²) in [5.74, 6) is -1.12. The number of aromatic nitrogens is 5. The third-order valence-electron chi connectivity index (χ3n) is 6.07. The second-order valence-electron chi connectivity index (χ2n) is 10.4. The number of carbonyl (C=O) groups excluding carboxylic acids is 2. The summed E-state index contributed by atoms with van der Waals surface area (Å²) in [4.78, 5) is 50.2. The van der Waals surface area contributed by atoms with E-state index in [-0.39, 0.29) is 38.8 Å². The Morgan fingerprint density at radius 2 is 1.97 bits per heavy atom. The van der Waals surface area contributed by atoms with Crippen molar-refractivity contribution < 1.29 is 22.8 Å². The predicted molar refractivity (Wildman–Crippen MR) is 139 cm³/mol. The number of pyridine rings is 1. The van der Waals surface area contributed by atoms with Crippen LogP contribution in [0.2, 0.25) is 0 Å². The molecule has 0 radical (unpaired) electrons. The van der Waals surface area contributed by atoms with Crippen molar-refractivity contribution in [3.8, 4) is 10.4 Å². The summed E-state index contributed by atoms with van der Waals surface area (Å²) < 4.78 is 42.9. The van der Waals surface area contributed by atoms with Gasteiger partial charge in [0.05, 0.1) is 16.5 Å². The molecule has 1 saturated heterocycles. The molecule has 4 heterocycles. The molecule has 0 aromatic carbocycles. The van der Waals surface area contributed by atoms with E-state index in [1.165, 1.54) is 0 Å². The Kier molecular flexibility index (Phi) is 7.56. The van der Waals surface area contributed by atoms with Crippen LogP contribution >= 0.6 is 11.3 Å². The molecule has 0 bridgehead atoms. The van der Waals surface area contributed by atoms with E-state index in [0.717, 1.165) is 25.1 Å². The first-order valence-electron chi connectivity index (χ1n) is 12.3. The van der Waals surface area contributed by atoms with Crippen LogP contribution in [0.25, 0.3) is 10.4 Å². The van der Waals surface area contributed by atoms with Crippen molar-refractivity contribution in [2.45, 2.75) is 71.3 Å². The molecule has 11 nitrogen and oxygen atoms in total. The van der Waals surface area contributed by atoms with Crippen LogP contribution in [0.1, 0.15) is 85.2 Å².